The first-order valence-corrected chi connectivity index (χ1v) is 8.61. The van der Waals surface area contributed by atoms with E-state index >= 15 is 0 Å². The lowest BCUT2D eigenvalue weighted by molar-refractivity contribution is -0.385. The minimum Gasteiger partial charge on any atom is -0.497 e. The maximum Gasteiger partial charge on any atom is 0.355 e. The molecule has 0 atom stereocenters. The number of nitrogens with one attached hydrogen (secondary N) is 3. The maximum atomic E-state index is 12.4. The zero-order valence-corrected chi connectivity index (χ0v) is 15.9. The largest absolute Gasteiger partial charge is 0.497 e. The Morgan fingerprint density at radius 1 is 1.00 bits per heavy atom. The number of carbonyl (C=O) groups excluding carboxylic acids is 1. The number of hydrogen-bond donors (Lipinski definition) is 3. The molecule has 1 aromatic heterocycles. The van der Waals surface area contributed by atoms with Gasteiger partial charge in [0.2, 0.25) is 11.6 Å². The van der Waals surface area contributed by atoms with Gasteiger partial charge in [-0.25, -0.2) is 9.97 Å². The molecule has 31 heavy (non-hydrogen) atoms. The Bertz CT molecular complexity index is 1150. The molecule has 0 aliphatic heterocycles. The van der Waals surface area contributed by atoms with Crippen LogP contribution >= 0.6 is 0 Å². The first kappa shape index (κ1) is 20.9. The summed E-state index contributed by atoms with van der Waals surface area (Å²) in [6, 6.07) is 11.9. The second kappa shape index (κ2) is 9.13. The van der Waals surface area contributed by atoms with Gasteiger partial charge in [0.1, 0.15) is 17.6 Å². The summed E-state index contributed by atoms with van der Waals surface area (Å²) in [4.78, 5) is 41.3. The van der Waals surface area contributed by atoms with Crippen LogP contribution in [-0.2, 0) is 0 Å². The van der Waals surface area contributed by atoms with Crippen LogP contribution in [0.15, 0.2) is 54.9 Å². The number of benzene rings is 2. The lowest BCUT2D eigenvalue weighted by atomic mass is 10.2. The summed E-state index contributed by atoms with van der Waals surface area (Å²) in [6.45, 7) is 0. The van der Waals surface area contributed by atoms with E-state index in [4.69, 9.17) is 4.74 Å². The molecule has 158 valence electrons. The zero-order chi connectivity index (χ0) is 22.4. The summed E-state index contributed by atoms with van der Waals surface area (Å²) < 4.78 is 5.11. The number of aromatic nitrogens is 2. The van der Waals surface area contributed by atoms with E-state index < -0.39 is 27.1 Å². The lowest BCUT2D eigenvalue weighted by Gasteiger charge is -2.11. The number of methoxy groups -OCH3 is 1. The van der Waals surface area contributed by atoms with E-state index in [9.17, 15) is 25.0 Å². The van der Waals surface area contributed by atoms with Crippen molar-refractivity contribution in [1.82, 2.24) is 15.4 Å². The van der Waals surface area contributed by atoms with E-state index in [2.05, 4.69) is 26.1 Å². The summed E-state index contributed by atoms with van der Waals surface area (Å²) in [7, 11) is 1.48. The third-order valence-electron chi connectivity index (χ3n) is 3.98. The SMILES string of the molecule is COc1cccc(Nc2ncnc(NNC(=O)c3ccccc3[N+](=O)[O-])c2[N+](=O)[O-])c1. The molecule has 0 saturated heterocycles. The molecule has 0 spiro atoms. The molecule has 3 N–H and O–H groups in total. The fourth-order valence-electron chi connectivity index (χ4n) is 2.58. The van der Waals surface area contributed by atoms with Gasteiger partial charge >= 0.3 is 5.69 Å². The number of nitrogens with zero attached hydrogens (tertiary/aromatic N) is 4. The van der Waals surface area contributed by atoms with Crippen molar-refractivity contribution in [2.24, 2.45) is 0 Å². The predicted octanol–water partition coefficient (Wildman–Crippen LogP) is 2.80. The number of para-hydroxylation sites is 1. The fraction of sp³-hybridized carbons (Fsp3) is 0.0556. The van der Waals surface area contributed by atoms with Gasteiger partial charge in [0.25, 0.3) is 11.6 Å². The van der Waals surface area contributed by atoms with Crippen LogP contribution in [0.3, 0.4) is 0 Å². The molecule has 13 nitrogen and oxygen atoms in total. The smallest absolute Gasteiger partial charge is 0.355 e. The second-order valence-electron chi connectivity index (χ2n) is 5.89. The van der Waals surface area contributed by atoms with Crippen molar-refractivity contribution in [3.63, 3.8) is 0 Å². The lowest BCUT2D eigenvalue weighted by Crippen LogP contribution is -2.30. The van der Waals surface area contributed by atoms with Crippen LogP contribution in [0.1, 0.15) is 10.4 Å². The fourth-order valence-corrected chi connectivity index (χ4v) is 2.58. The van der Waals surface area contributed by atoms with Gasteiger partial charge in [-0.3, -0.25) is 35.9 Å². The van der Waals surface area contributed by atoms with Crippen molar-refractivity contribution >= 4 is 34.6 Å². The van der Waals surface area contributed by atoms with E-state index in [1.54, 1.807) is 24.3 Å². The minimum atomic E-state index is -0.873. The van der Waals surface area contributed by atoms with Crippen molar-refractivity contribution in [1.29, 1.82) is 0 Å². The molecule has 0 fully saturated rings. The molecule has 3 rings (SSSR count). The van der Waals surface area contributed by atoms with Crippen LogP contribution in [0, 0.1) is 20.2 Å². The van der Waals surface area contributed by atoms with Crippen molar-refractivity contribution in [2.75, 3.05) is 17.9 Å². The molecule has 3 aromatic rings. The van der Waals surface area contributed by atoms with Gasteiger partial charge in [0.15, 0.2) is 0 Å². The molecule has 0 saturated carbocycles. The summed E-state index contributed by atoms with van der Waals surface area (Å²) in [6.07, 6.45) is 1.05. The number of nitro benzene ring substituents is 1. The van der Waals surface area contributed by atoms with Crippen LogP contribution in [0.5, 0.6) is 5.75 Å². The Hall–Kier alpha value is -4.81. The molecular weight excluding hydrogens is 410 g/mol. The molecule has 0 bridgehead atoms. The Morgan fingerprint density at radius 2 is 1.74 bits per heavy atom. The van der Waals surface area contributed by atoms with Crippen LogP contribution < -0.4 is 20.9 Å². The monoisotopic (exact) mass is 425 g/mol. The standard InChI is InChI=1S/C18H15N7O6/c1-31-12-6-4-5-11(9-12)21-16-15(25(29)30)17(20-10-19-16)22-23-18(26)13-7-2-3-8-14(13)24(27)28/h2-10H,1H3,(H,23,26)(H2,19,20,21,22). The Morgan fingerprint density at radius 3 is 2.45 bits per heavy atom. The van der Waals surface area contributed by atoms with E-state index in [0.717, 1.165) is 12.4 Å². The van der Waals surface area contributed by atoms with Crippen molar-refractivity contribution in [3.8, 4) is 5.75 Å². The summed E-state index contributed by atoms with van der Waals surface area (Å²) >= 11 is 0. The minimum absolute atomic E-state index is 0.143. The Labute approximate surface area is 174 Å². The van der Waals surface area contributed by atoms with Crippen LogP contribution in [-0.4, -0.2) is 32.8 Å². The van der Waals surface area contributed by atoms with E-state index in [1.165, 1.54) is 25.3 Å². The highest BCUT2D eigenvalue weighted by molar-refractivity contribution is 5.98. The molecule has 1 heterocycles. The normalized spacial score (nSPS) is 10.1. The molecule has 2 aromatic carbocycles. The second-order valence-corrected chi connectivity index (χ2v) is 5.89. The molecule has 13 heteroatoms. The average molecular weight is 425 g/mol. The van der Waals surface area contributed by atoms with Gasteiger partial charge in [-0.2, -0.15) is 0 Å². The van der Waals surface area contributed by atoms with E-state index in [-0.39, 0.29) is 17.2 Å². The van der Waals surface area contributed by atoms with Gasteiger partial charge in [-0.15, -0.1) is 0 Å². The Kier molecular flexibility index (Phi) is 6.16. The summed E-state index contributed by atoms with van der Waals surface area (Å²) in [5.74, 6) is -0.813. The molecule has 1 amide bonds. The average Bonchev–Trinajstić information content (AvgIpc) is 2.77. The number of carbonyl (C=O) groups is 1. The Balaban J connectivity index is 1.85. The number of hydrazine groups is 1. The maximum absolute atomic E-state index is 12.4. The highest BCUT2D eigenvalue weighted by atomic mass is 16.6. The van der Waals surface area contributed by atoms with E-state index in [0.29, 0.717) is 11.4 Å². The van der Waals surface area contributed by atoms with Crippen molar-refractivity contribution in [3.05, 3.63) is 80.7 Å². The number of anilines is 3. The van der Waals surface area contributed by atoms with Crippen molar-refractivity contribution in [2.45, 2.75) is 0 Å². The van der Waals surface area contributed by atoms with Gasteiger partial charge < -0.3 is 10.1 Å². The van der Waals surface area contributed by atoms with Gasteiger partial charge in [-0.1, -0.05) is 18.2 Å². The zero-order valence-electron chi connectivity index (χ0n) is 15.9. The van der Waals surface area contributed by atoms with Gasteiger partial charge in [-0.05, 0) is 18.2 Å². The van der Waals surface area contributed by atoms with Crippen LogP contribution in [0.25, 0.3) is 0 Å². The molecule has 0 radical (unpaired) electrons. The molecule has 0 unspecified atom stereocenters. The third-order valence-corrected chi connectivity index (χ3v) is 3.98. The number of rotatable bonds is 8. The first-order valence-electron chi connectivity index (χ1n) is 8.61. The molecular formula is C18H15N7O6. The van der Waals surface area contributed by atoms with Crippen molar-refractivity contribution < 1.29 is 19.4 Å². The number of nitro groups is 2. The highest BCUT2D eigenvalue weighted by Crippen LogP contribution is 2.31. The van der Waals surface area contributed by atoms with E-state index in [1.807, 2.05) is 0 Å². The quantitative estimate of drug-likeness (QED) is 0.359. The number of amides is 1. The van der Waals surface area contributed by atoms with Crippen LogP contribution in [0.4, 0.5) is 28.7 Å². The topological polar surface area (TPSA) is 174 Å². The summed E-state index contributed by atoms with van der Waals surface area (Å²) in [5, 5.41) is 25.5. The highest BCUT2D eigenvalue weighted by Gasteiger charge is 2.25. The first-order chi connectivity index (χ1) is 14.9. The van der Waals surface area contributed by atoms with Gasteiger partial charge in [0, 0.05) is 17.8 Å². The number of hydrogen-bond acceptors (Lipinski definition) is 10. The molecule has 0 aliphatic carbocycles. The third kappa shape index (κ3) is 4.79. The summed E-state index contributed by atoms with van der Waals surface area (Å²) in [5.41, 5.74) is 3.78. The predicted molar refractivity (Wildman–Crippen MR) is 109 cm³/mol. The van der Waals surface area contributed by atoms with Gasteiger partial charge in [0.05, 0.1) is 17.0 Å². The molecule has 0 aliphatic rings. The van der Waals surface area contributed by atoms with Crippen LogP contribution in [0.2, 0.25) is 0 Å². The number of ether oxygens (including phenoxy) is 1.